The van der Waals surface area contributed by atoms with E-state index in [0.29, 0.717) is 0 Å². The summed E-state index contributed by atoms with van der Waals surface area (Å²) in [5.74, 6) is -0.000754. The lowest BCUT2D eigenvalue weighted by molar-refractivity contribution is -0.119. The number of pyridine rings is 1. The number of carbonyl (C=O) groups is 1. The van der Waals surface area contributed by atoms with Crippen LogP contribution < -0.4 is 10.6 Å². The second kappa shape index (κ2) is 10.1. The molecule has 0 radical (unpaired) electrons. The quantitative estimate of drug-likeness (QED) is 0.688. The van der Waals surface area contributed by atoms with Gasteiger partial charge in [0.25, 0.3) is 0 Å². The van der Waals surface area contributed by atoms with Crippen molar-refractivity contribution in [2.24, 2.45) is 5.73 Å². The first-order valence-corrected chi connectivity index (χ1v) is 9.52. The van der Waals surface area contributed by atoms with E-state index in [-0.39, 0.29) is 5.91 Å². The van der Waals surface area contributed by atoms with E-state index in [1.165, 1.54) is 5.56 Å². The number of amides is 1. The van der Waals surface area contributed by atoms with Crippen LogP contribution in [0.4, 0.5) is 5.69 Å². The van der Waals surface area contributed by atoms with Gasteiger partial charge in [0.2, 0.25) is 5.91 Å². The average Bonchev–Trinajstić information content (AvgIpc) is 2.63. The molecule has 4 heteroatoms. The number of nitrogens with zero attached hydrogens (tertiary/aromatic N) is 2. The van der Waals surface area contributed by atoms with Crippen LogP contribution in [0.25, 0.3) is 0 Å². The molecule has 1 aromatic heterocycles. The molecular weight excluding hydrogens is 322 g/mol. The minimum absolute atomic E-state index is 0.000754. The van der Waals surface area contributed by atoms with Crippen molar-refractivity contribution in [3.63, 3.8) is 0 Å². The summed E-state index contributed by atoms with van der Waals surface area (Å²) >= 11 is 0. The number of carbonyl (C=O) groups excluding carboxylic acids is 1. The van der Waals surface area contributed by atoms with Gasteiger partial charge in [-0.3, -0.25) is 9.78 Å². The number of aromatic nitrogens is 1. The predicted octanol–water partition coefficient (Wildman–Crippen LogP) is 4.18. The van der Waals surface area contributed by atoms with E-state index in [1.807, 2.05) is 23.4 Å². The zero-order chi connectivity index (χ0) is 18.9. The van der Waals surface area contributed by atoms with Gasteiger partial charge in [0.15, 0.2) is 0 Å². The Labute approximate surface area is 157 Å². The molecule has 1 amide bonds. The topological polar surface area (TPSA) is 59.2 Å². The normalized spacial score (nSPS) is 12.0. The van der Waals surface area contributed by atoms with Crippen molar-refractivity contribution in [3.05, 3.63) is 59.4 Å². The Hall–Kier alpha value is -2.20. The van der Waals surface area contributed by atoms with Gasteiger partial charge < -0.3 is 10.6 Å². The Morgan fingerprint density at radius 3 is 2.27 bits per heavy atom. The number of hydrogen-bond acceptors (Lipinski definition) is 3. The Morgan fingerprint density at radius 1 is 1.04 bits per heavy atom. The summed E-state index contributed by atoms with van der Waals surface area (Å²) in [7, 11) is 0. The van der Waals surface area contributed by atoms with E-state index in [4.69, 9.17) is 5.73 Å². The van der Waals surface area contributed by atoms with Gasteiger partial charge in [0.1, 0.15) is 0 Å². The van der Waals surface area contributed by atoms with Crippen LogP contribution in [0.3, 0.4) is 0 Å². The number of nitrogens with two attached hydrogens (primary N) is 1. The zero-order valence-corrected chi connectivity index (χ0v) is 16.2. The number of anilines is 1. The van der Waals surface area contributed by atoms with Gasteiger partial charge in [0.05, 0.1) is 6.04 Å². The third kappa shape index (κ3) is 5.67. The predicted molar refractivity (Wildman–Crippen MR) is 108 cm³/mol. The summed E-state index contributed by atoms with van der Waals surface area (Å²) in [4.78, 5) is 18.6. The van der Waals surface area contributed by atoms with Crippen molar-refractivity contribution in [2.75, 3.05) is 11.4 Å². The molecule has 1 unspecified atom stereocenters. The van der Waals surface area contributed by atoms with Gasteiger partial charge in [0, 0.05) is 24.6 Å². The van der Waals surface area contributed by atoms with Gasteiger partial charge in [-0.1, -0.05) is 31.0 Å². The third-order valence-electron chi connectivity index (χ3n) is 4.71. The summed E-state index contributed by atoms with van der Waals surface area (Å²) in [5, 5.41) is 0. The van der Waals surface area contributed by atoms with Gasteiger partial charge in [-0.05, 0) is 68.9 Å². The first kappa shape index (κ1) is 20.1. The van der Waals surface area contributed by atoms with Gasteiger partial charge in [-0.25, -0.2) is 0 Å². The Bertz CT molecular complexity index is 678. The van der Waals surface area contributed by atoms with Crippen molar-refractivity contribution < 1.29 is 4.79 Å². The minimum Gasteiger partial charge on any atom is -0.320 e. The van der Waals surface area contributed by atoms with E-state index in [2.05, 4.69) is 43.1 Å². The van der Waals surface area contributed by atoms with Crippen LogP contribution in [0.2, 0.25) is 0 Å². The first-order valence-electron chi connectivity index (χ1n) is 9.52. The molecule has 0 saturated heterocycles. The lowest BCUT2D eigenvalue weighted by Gasteiger charge is -2.28. The molecule has 2 aromatic rings. The summed E-state index contributed by atoms with van der Waals surface area (Å²) in [6.07, 6.45) is 9.20. The average molecular weight is 354 g/mol. The molecule has 26 heavy (non-hydrogen) atoms. The largest absolute Gasteiger partial charge is 0.320 e. The number of aryl methyl sites for hydroxylation is 3. The van der Waals surface area contributed by atoms with Gasteiger partial charge in [-0.2, -0.15) is 0 Å². The van der Waals surface area contributed by atoms with Crippen molar-refractivity contribution in [2.45, 2.75) is 58.9 Å². The molecule has 0 aliphatic carbocycles. The molecule has 4 nitrogen and oxygen atoms in total. The lowest BCUT2D eigenvalue weighted by Crippen LogP contribution is -2.43. The fourth-order valence-electron chi connectivity index (χ4n) is 3.31. The maximum absolute atomic E-state index is 12.6. The fourth-order valence-corrected chi connectivity index (χ4v) is 3.31. The van der Waals surface area contributed by atoms with Gasteiger partial charge >= 0.3 is 0 Å². The van der Waals surface area contributed by atoms with Gasteiger partial charge in [-0.15, -0.1) is 0 Å². The molecule has 0 bridgehead atoms. The second-order valence-corrected chi connectivity index (χ2v) is 7.04. The van der Waals surface area contributed by atoms with E-state index in [1.54, 1.807) is 6.92 Å². The highest BCUT2D eigenvalue weighted by Gasteiger charge is 2.21. The highest BCUT2D eigenvalue weighted by Crippen LogP contribution is 2.25. The Kier molecular flexibility index (Phi) is 7.79. The number of hydrogen-bond donors (Lipinski definition) is 1. The Balaban J connectivity index is 1.88. The monoisotopic (exact) mass is 353 g/mol. The smallest absolute Gasteiger partial charge is 0.243 e. The van der Waals surface area contributed by atoms with Crippen LogP contribution >= 0.6 is 0 Å². The van der Waals surface area contributed by atoms with E-state index in [9.17, 15) is 4.79 Å². The standard InChI is InChI=1S/C22H31N3O/c1-17-9-8-10-18(2)21(17)25(22(26)19(3)23)16-7-5-4-6-11-20-12-14-24-15-13-20/h8-10,12-15,19H,4-7,11,16,23H2,1-3H3. The number of para-hydroxylation sites is 1. The van der Waals surface area contributed by atoms with Crippen LogP contribution in [-0.2, 0) is 11.2 Å². The summed E-state index contributed by atoms with van der Waals surface area (Å²) in [6.45, 7) is 6.59. The highest BCUT2D eigenvalue weighted by atomic mass is 16.2. The fraction of sp³-hybridized carbons (Fsp3) is 0.455. The number of unbranched alkanes of at least 4 members (excludes halogenated alkanes) is 3. The summed E-state index contributed by atoms with van der Waals surface area (Å²) in [5.41, 5.74) is 10.5. The molecule has 0 aliphatic heterocycles. The molecule has 0 fully saturated rings. The molecule has 2 N–H and O–H groups in total. The summed E-state index contributed by atoms with van der Waals surface area (Å²) < 4.78 is 0. The van der Waals surface area contributed by atoms with Crippen LogP contribution in [-0.4, -0.2) is 23.5 Å². The van der Waals surface area contributed by atoms with Crippen LogP contribution in [0.1, 0.15) is 49.3 Å². The molecule has 1 aromatic carbocycles. The molecule has 0 spiro atoms. The summed E-state index contributed by atoms with van der Waals surface area (Å²) in [6, 6.07) is 9.80. The Morgan fingerprint density at radius 2 is 1.65 bits per heavy atom. The van der Waals surface area contributed by atoms with Crippen LogP contribution in [0.5, 0.6) is 0 Å². The SMILES string of the molecule is Cc1cccc(C)c1N(CCCCCCc1ccncc1)C(=O)C(C)N. The second-order valence-electron chi connectivity index (χ2n) is 7.04. The highest BCUT2D eigenvalue weighted by molar-refractivity contribution is 5.98. The van der Waals surface area contributed by atoms with Crippen LogP contribution in [0, 0.1) is 13.8 Å². The van der Waals surface area contributed by atoms with Crippen molar-refractivity contribution in [1.29, 1.82) is 0 Å². The van der Waals surface area contributed by atoms with Crippen molar-refractivity contribution in [1.82, 2.24) is 4.98 Å². The molecule has 1 atom stereocenters. The van der Waals surface area contributed by atoms with E-state index >= 15 is 0 Å². The third-order valence-corrected chi connectivity index (χ3v) is 4.71. The van der Waals surface area contributed by atoms with Crippen LogP contribution in [0.15, 0.2) is 42.7 Å². The zero-order valence-electron chi connectivity index (χ0n) is 16.2. The van der Waals surface area contributed by atoms with E-state index < -0.39 is 6.04 Å². The van der Waals surface area contributed by atoms with Crippen molar-refractivity contribution in [3.8, 4) is 0 Å². The number of benzene rings is 1. The maximum Gasteiger partial charge on any atom is 0.243 e. The molecule has 2 rings (SSSR count). The lowest BCUT2D eigenvalue weighted by atomic mass is 10.0. The molecule has 140 valence electrons. The molecular formula is C22H31N3O. The molecule has 0 saturated carbocycles. The molecule has 0 aliphatic rings. The van der Waals surface area contributed by atoms with Crippen molar-refractivity contribution >= 4 is 11.6 Å². The number of rotatable bonds is 9. The maximum atomic E-state index is 12.6. The minimum atomic E-state index is -0.485. The first-order chi connectivity index (χ1) is 12.5. The van der Waals surface area contributed by atoms with E-state index in [0.717, 1.165) is 55.5 Å². The molecule has 1 heterocycles.